The Balaban J connectivity index is 1.68. The van der Waals surface area contributed by atoms with Gasteiger partial charge in [-0.1, -0.05) is 6.07 Å². The van der Waals surface area contributed by atoms with Gasteiger partial charge in [-0.3, -0.25) is 9.69 Å². The maximum atomic E-state index is 13.2. The van der Waals surface area contributed by atoms with Crippen molar-refractivity contribution in [1.82, 2.24) is 10.2 Å². The predicted molar refractivity (Wildman–Crippen MR) is 86.6 cm³/mol. The quantitative estimate of drug-likeness (QED) is 0.905. The summed E-state index contributed by atoms with van der Waals surface area (Å²) in [7, 11) is 0. The number of hydrogen-bond donors (Lipinski definition) is 1. The van der Waals surface area contributed by atoms with E-state index in [-0.39, 0.29) is 17.5 Å². The van der Waals surface area contributed by atoms with Crippen LogP contribution in [-0.2, 0) is 0 Å². The standard InChI is InChI=1S/C17H18F2N2OS/c18-13-6-5-12(10-14(13)19)17(22)20-11-15(16-4-3-9-23-16)21-7-1-2-8-21/h3-6,9-10,15H,1-2,7-8,11H2,(H,20,22). The Morgan fingerprint density at radius 1 is 1.22 bits per heavy atom. The third kappa shape index (κ3) is 3.76. The van der Waals surface area contributed by atoms with Crippen LogP contribution in [0.15, 0.2) is 35.7 Å². The molecule has 1 N–H and O–H groups in total. The van der Waals surface area contributed by atoms with Crippen molar-refractivity contribution in [2.75, 3.05) is 19.6 Å². The van der Waals surface area contributed by atoms with Crippen molar-refractivity contribution < 1.29 is 13.6 Å². The Kier molecular flexibility index (Phi) is 5.03. The molecule has 0 spiro atoms. The zero-order chi connectivity index (χ0) is 16.2. The molecule has 1 fully saturated rings. The van der Waals surface area contributed by atoms with E-state index in [1.54, 1.807) is 11.3 Å². The zero-order valence-corrected chi connectivity index (χ0v) is 13.4. The summed E-state index contributed by atoms with van der Waals surface area (Å²) in [5.74, 6) is -2.34. The van der Waals surface area contributed by atoms with Crippen molar-refractivity contribution >= 4 is 17.2 Å². The molecule has 3 nitrogen and oxygen atoms in total. The second kappa shape index (κ2) is 7.19. The lowest BCUT2D eigenvalue weighted by Gasteiger charge is -2.26. The topological polar surface area (TPSA) is 32.3 Å². The van der Waals surface area contributed by atoms with Crippen LogP contribution in [0.25, 0.3) is 0 Å². The molecule has 1 atom stereocenters. The fourth-order valence-electron chi connectivity index (χ4n) is 2.87. The number of nitrogens with zero attached hydrogens (tertiary/aromatic N) is 1. The van der Waals surface area contributed by atoms with Gasteiger partial charge in [-0.2, -0.15) is 0 Å². The van der Waals surface area contributed by atoms with Gasteiger partial charge in [0.1, 0.15) is 0 Å². The molecule has 23 heavy (non-hydrogen) atoms. The molecule has 0 bridgehead atoms. The van der Waals surface area contributed by atoms with Crippen LogP contribution in [0, 0.1) is 11.6 Å². The lowest BCUT2D eigenvalue weighted by molar-refractivity contribution is 0.0938. The summed E-state index contributed by atoms with van der Waals surface area (Å²) in [5.41, 5.74) is 0.134. The highest BCUT2D eigenvalue weighted by atomic mass is 32.1. The highest BCUT2D eigenvalue weighted by Crippen LogP contribution is 2.27. The van der Waals surface area contributed by atoms with Crippen LogP contribution in [0.2, 0.25) is 0 Å². The van der Waals surface area contributed by atoms with Crippen LogP contribution >= 0.6 is 11.3 Å². The van der Waals surface area contributed by atoms with Crippen LogP contribution < -0.4 is 5.32 Å². The molecule has 1 aliphatic heterocycles. The molecule has 0 radical (unpaired) electrons. The highest BCUT2D eigenvalue weighted by molar-refractivity contribution is 7.10. The molecule has 1 amide bonds. The van der Waals surface area contributed by atoms with Gasteiger partial charge in [0, 0.05) is 17.0 Å². The van der Waals surface area contributed by atoms with Gasteiger partial charge in [-0.25, -0.2) is 8.78 Å². The first-order valence-electron chi connectivity index (χ1n) is 7.66. The molecule has 1 aromatic carbocycles. The first-order chi connectivity index (χ1) is 11.1. The number of thiophene rings is 1. The van der Waals surface area contributed by atoms with E-state index in [1.807, 2.05) is 11.4 Å². The van der Waals surface area contributed by atoms with Crippen LogP contribution in [0.3, 0.4) is 0 Å². The fraction of sp³-hybridized carbons (Fsp3) is 0.353. The Morgan fingerprint density at radius 2 is 2.00 bits per heavy atom. The smallest absolute Gasteiger partial charge is 0.251 e. The Hall–Kier alpha value is -1.79. The van der Waals surface area contributed by atoms with Gasteiger partial charge in [0.05, 0.1) is 6.04 Å². The number of nitrogens with one attached hydrogen (secondary N) is 1. The Bertz CT molecular complexity index is 669. The maximum absolute atomic E-state index is 13.2. The second-order valence-corrected chi connectivity index (χ2v) is 6.59. The van der Waals surface area contributed by atoms with Crippen molar-refractivity contribution in [2.45, 2.75) is 18.9 Å². The van der Waals surface area contributed by atoms with Crippen LogP contribution in [0.5, 0.6) is 0 Å². The molecule has 6 heteroatoms. The van der Waals surface area contributed by atoms with E-state index >= 15 is 0 Å². The van der Waals surface area contributed by atoms with E-state index in [1.165, 1.54) is 23.8 Å². The summed E-state index contributed by atoms with van der Waals surface area (Å²) in [4.78, 5) is 15.7. The zero-order valence-electron chi connectivity index (χ0n) is 12.6. The fourth-order valence-corrected chi connectivity index (χ4v) is 3.73. The average molecular weight is 336 g/mol. The summed E-state index contributed by atoms with van der Waals surface area (Å²) in [6.45, 7) is 2.49. The number of halogens is 2. The number of carbonyl (C=O) groups excluding carboxylic acids is 1. The van der Waals surface area contributed by atoms with Gasteiger partial charge in [-0.15, -0.1) is 11.3 Å². The Morgan fingerprint density at radius 3 is 2.65 bits per heavy atom. The summed E-state index contributed by atoms with van der Waals surface area (Å²) in [5, 5.41) is 4.87. The van der Waals surface area contributed by atoms with E-state index in [0.29, 0.717) is 6.54 Å². The number of rotatable bonds is 5. The first kappa shape index (κ1) is 16.1. The third-order valence-electron chi connectivity index (χ3n) is 4.09. The van der Waals surface area contributed by atoms with Crippen molar-refractivity contribution in [2.24, 2.45) is 0 Å². The molecule has 0 aliphatic carbocycles. The van der Waals surface area contributed by atoms with E-state index in [2.05, 4.69) is 16.3 Å². The average Bonchev–Trinajstić information content (AvgIpc) is 3.24. The molecule has 2 aromatic rings. The van der Waals surface area contributed by atoms with Gasteiger partial charge in [0.2, 0.25) is 0 Å². The summed E-state index contributed by atoms with van der Waals surface area (Å²) in [6, 6.07) is 7.40. The molecule has 1 unspecified atom stereocenters. The second-order valence-electron chi connectivity index (χ2n) is 5.61. The molecule has 3 rings (SSSR count). The van der Waals surface area contributed by atoms with Crippen molar-refractivity contribution in [1.29, 1.82) is 0 Å². The lowest BCUT2D eigenvalue weighted by Crippen LogP contribution is -2.36. The minimum Gasteiger partial charge on any atom is -0.350 e. The number of likely N-dealkylation sites (tertiary alicyclic amines) is 1. The van der Waals surface area contributed by atoms with Crippen LogP contribution in [-0.4, -0.2) is 30.4 Å². The van der Waals surface area contributed by atoms with E-state index in [9.17, 15) is 13.6 Å². The minimum absolute atomic E-state index is 0.131. The number of amides is 1. The van der Waals surface area contributed by atoms with Gasteiger partial charge in [0.25, 0.3) is 5.91 Å². The van der Waals surface area contributed by atoms with Crippen LogP contribution in [0.1, 0.15) is 34.1 Å². The minimum atomic E-state index is -1.01. The maximum Gasteiger partial charge on any atom is 0.251 e. The van der Waals surface area contributed by atoms with Gasteiger partial charge in [-0.05, 0) is 55.6 Å². The normalized spacial score (nSPS) is 16.4. The number of hydrogen-bond acceptors (Lipinski definition) is 3. The summed E-state index contributed by atoms with van der Waals surface area (Å²) >= 11 is 1.67. The largest absolute Gasteiger partial charge is 0.350 e. The lowest BCUT2D eigenvalue weighted by atomic mass is 10.1. The predicted octanol–water partition coefficient (Wildman–Crippen LogP) is 3.59. The van der Waals surface area contributed by atoms with Crippen LogP contribution in [0.4, 0.5) is 8.78 Å². The number of benzene rings is 1. The van der Waals surface area contributed by atoms with Gasteiger partial charge in [0.15, 0.2) is 11.6 Å². The number of carbonyl (C=O) groups is 1. The van der Waals surface area contributed by atoms with Crippen molar-refractivity contribution in [3.8, 4) is 0 Å². The SMILES string of the molecule is O=C(NCC(c1cccs1)N1CCCC1)c1ccc(F)c(F)c1. The van der Waals surface area contributed by atoms with Crippen molar-refractivity contribution in [3.05, 3.63) is 57.8 Å². The molecular formula is C17H18F2N2OS. The van der Waals surface area contributed by atoms with Gasteiger partial charge >= 0.3 is 0 Å². The van der Waals surface area contributed by atoms with E-state index in [4.69, 9.17) is 0 Å². The molecule has 2 heterocycles. The summed E-state index contributed by atoms with van der Waals surface area (Å²) < 4.78 is 26.2. The molecule has 122 valence electrons. The first-order valence-corrected chi connectivity index (χ1v) is 8.54. The molecular weight excluding hydrogens is 318 g/mol. The summed E-state index contributed by atoms with van der Waals surface area (Å²) in [6.07, 6.45) is 2.33. The highest BCUT2D eigenvalue weighted by Gasteiger charge is 2.24. The molecule has 0 saturated carbocycles. The van der Waals surface area contributed by atoms with E-state index in [0.717, 1.165) is 25.2 Å². The third-order valence-corrected chi connectivity index (χ3v) is 5.06. The van der Waals surface area contributed by atoms with Gasteiger partial charge < -0.3 is 5.32 Å². The van der Waals surface area contributed by atoms with Crippen molar-refractivity contribution in [3.63, 3.8) is 0 Å². The molecule has 1 aromatic heterocycles. The Labute approximate surface area is 137 Å². The molecule has 1 saturated heterocycles. The monoisotopic (exact) mass is 336 g/mol. The molecule has 1 aliphatic rings. The van der Waals surface area contributed by atoms with E-state index < -0.39 is 11.6 Å².